The molecule has 25 heavy (non-hydrogen) atoms. The minimum absolute atomic E-state index is 0.0373. The predicted octanol–water partition coefficient (Wildman–Crippen LogP) is 1.93. The average molecular weight is 373 g/mol. The van der Waals surface area contributed by atoms with Gasteiger partial charge in [-0.05, 0) is 39.5 Å². The van der Waals surface area contributed by atoms with Crippen molar-refractivity contribution in [1.29, 1.82) is 0 Å². The summed E-state index contributed by atoms with van der Waals surface area (Å²) in [6, 6.07) is 0. The van der Waals surface area contributed by atoms with E-state index in [-0.39, 0.29) is 35.6 Å². The standard InChI is InChI=1S/C18H32N2O4S/c1-5-19-25(22)10-6-18(7-11-25)12-20(8-9-23-18)17(21)16-13(2)14(3)24-15(16)4/h13-16H,5-12H2,1-4H3. The van der Waals surface area contributed by atoms with Crippen LogP contribution >= 0.6 is 0 Å². The number of hydrogen-bond donors (Lipinski definition) is 0. The lowest BCUT2D eigenvalue weighted by molar-refractivity contribution is -0.157. The van der Waals surface area contributed by atoms with Gasteiger partial charge in [-0.25, -0.2) is 8.57 Å². The first-order chi connectivity index (χ1) is 11.8. The molecule has 3 rings (SSSR count). The smallest absolute Gasteiger partial charge is 0.228 e. The lowest BCUT2D eigenvalue weighted by Crippen LogP contribution is -2.58. The second-order valence-corrected chi connectivity index (χ2v) is 10.5. The Morgan fingerprint density at radius 2 is 1.92 bits per heavy atom. The van der Waals surface area contributed by atoms with Crippen LogP contribution in [0.15, 0.2) is 4.36 Å². The SMILES string of the molecule is CCN=S1(=O)CCC2(CC1)CN(C(=O)C1C(C)OC(C)C1C)CCO2. The second kappa shape index (κ2) is 7.16. The van der Waals surface area contributed by atoms with Gasteiger partial charge in [-0.2, -0.15) is 0 Å². The van der Waals surface area contributed by atoms with Gasteiger partial charge in [0.05, 0.1) is 30.3 Å². The summed E-state index contributed by atoms with van der Waals surface area (Å²) in [6.45, 7) is 10.5. The van der Waals surface area contributed by atoms with Crippen LogP contribution in [0.25, 0.3) is 0 Å². The molecule has 0 aliphatic carbocycles. The van der Waals surface area contributed by atoms with Gasteiger partial charge in [-0.15, -0.1) is 0 Å². The number of hydrogen-bond acceptors (Lipinski definition) is 5. The van der Waals surface area contributed by atoms with Gasteiger partial charge in [-0.1, -0.05) is 6.92 Å². The molecule has 0 saturated carbocycles. The van der Waals surface area contributed by atoms with E-state index in [2.05, 4.69) is 11.3 Å². The third kappa shape index (κ3) is 3.74. The number of nitrogens with zero attached hydrogens (tertiary/aromatic N) is 2. The highest BCUT2D eigenvalue weighted by Crippen LogP contribution is 2.36. The molecule has 3 aliphatic heterocycles. The predicted molar refractivity (Wildman–Crippen MR) is 98.0 cm³/mol. The summed E-state index contributed by atoms with van der Waals surface area (Å²) in [5.41, 5.74) is -0.338. The molecule has 3 heterocycles. The molecular formula is C18H32N2O4S. The van der Waals surface area contributed by atoms with Crippen molar-refractivity contribution in [2.45, 2.75) is 58.3 Å². The molecule has 0 N–H and O–H groups in total. The van der Waals surface area contributed by atoms with Crippen LogP contribution in [-0.2, 0) is 24.0 Å². The minimum atomic E-state index is -2.07. The summed E-state index contributed by atoms with van der Waals surface area (Å²) in [4.78, 5) is 15.1. The van der Waals surface area contributed by atoms with Crippen LogP contribution in [0.5, 0.6) is 0 Å². The van der Waals surface area contributed by atoms with E-state index in [9.17, 15) is 9.00 Å². The fourth-order valence-corrected chi connectivity index (χ4v) is 6.84. The van der Waals surface area contributed by atoms with E-state index in [0.717, 1.165) is 12.8 Å². The van der Waals surface area contributed by atoms with Crippen molar-refractivity contribution >= 4 is 15.6 Å². The summed E-state index contributed by atoms with van der Waals surface area (Å²) < 4.78 is 28.9. The molecule has 1 spiro atoms. The van der Waals surface area contributed by atoms with Crippen LogP contribution in [0.2, 0.25) is 0 Å². The Bertz CT molecular complexity index is 615. The third-order valence-corrected chi connectivity index (χ3v) is 8.62. The van der Waals surface area contributed by atoms with Gasteiger partial charge in [0.1, 0.15) is 0 Å². The number of amides is 1. The normalized spacial score (nSPS) is 44.9. The Kier molecular flexibility index (Phi) is 5.47. The highest BCUT2D eigenvalue weighted by Gasteiger charge is 2.47. The molecule has 4 atom stereocenters. The van der Waals surface area contributed by atoms with Gasteiger partial charge in [0.15, 0.2) is 0 Å². The van der Waals surface area contributed by atoms with Crippen LogP contribution in [0.3, 0.4) is 0 Å². The lowest BCUT2D eigenvalue weighted by Gasteiger charge is -2.46. The summed E-state index contributed by atoms with van der Waals surface area (Å²) in [5.74, 6) is 1.51. The first-order valence-electron chi connectivity index (χ1n) is 9.56. The second-order valence-electron chi connectivity index (χ2n) is 7.85. The number of carbonyl (C=O) groups excluding carboxylic acids is 1. The van der Waals surface area contributed by atoms with Crippen molar-refractivity contribution in [2.24, 2.45) is 16.2 Å². The Hall–Kier alpha value is -0.660. The summed E-state index contributed by atoms with van der Waals surface area (Å²) >= 11 is 0. The molecule has 4 unspecified atom stereocenters. The van der Waals surface area contributed by atoms with Crippen LogP contribution in [0, 0.1) is 11.8 Å². The minimum Gasteiger partial charge on any atom is -0.374 e. The van der Waals surface area contributed by atoms with Gasteiger partial charge >= 0.3 is 0 Å². The zero-order valence-corrected chi connectivity index (χ0v) is 16.7. The first-order valence-corrected chi connectivity index (χ1v) is 11.4. The van der Waals surface area contributed by atoms with E-state index in [4.69, 9.17) is 9.47 Å². The third-order valence-electron chi connectivity index (χ3n) is 6.20. The number of rotatable bonds is 2. The summed E-state index contributed by atoms with van der Waals surface area (Å²) in [5, 5.41) is 0. The zero-order valence-electron chi connectivity index (χ0n) is 15.9. The molecule has 0 aromatic heterocycles. The number of ether oxygens (including phenoxy) is 2. The van der Waals surface area contributed by atoms with E-state index in [1.807, 2.05) is 25.7 Å². The van der Waals surface area contributed by atoms with E-state index >= 15 is 0 Å². The Morgan fingerprint density at radius 3 is 2.48 bits per heavy atom. The highest BCUT2D eigenvalue weighted by atomic mass is 32.2. The summed E-state index contributed by atoms with van der Waals surface area (Å²) in [6.07, 6.45) is 1.53. The topological polar surface area (TPSA) is 68.2 Å². The van der Waals surface area contributed by atoms with Crippen molar-refractivity contribution in [3.8, 4) is 0 Å². The van der Waals surface area contributed by atoms with E-state index in [0.29, 0.717) is 37.7 Å². The van der Waals surface area contributed by atoms with Crippen LogP contribution < -0.4 is 0 Å². The molecule has 1 amide bonds. The molecule has 0 aromatic rings. The molecule has 7 heteroatoms. The molecule has 0 bridgehead atoms. The summed E-state index contributed by atoms with van der Waals surface area (Å²) in [7, 11) is -2.07. The van der Waals surface area contributed by atoms with Crippen LogP contribution in [0.4, 0.5) is 0 Å². The zero-order chi connectivity index (χ0) is 18.2. The van der Waals surface area contributed by atoms with Crippen molar-refractivity contribution in [3.63, 3.8) is 0 Å². The Balaban J connectivity index is 1.69. The molecule has 0 aromatic carbocycles. The number of carbonyl (C=O) groups is 1. The van der Waals surface area contributed by atoms with E-state index < -0.39 is 9.73 Å². The molecule has 3 fully saturated rings. The molecule has 144 valence electrons. The van der Waals surface area contributed by atoms with Gasteiger partial charge in [-0.3, -0.25) is 4.79 Å². The Labute approximate surface area is 151 Å². The highest BCUT2D eigenvalue weighted by molar-refractivity contribution is 7.93. The van der Waals surface area contributed by atoms with Crippen molar-refractivity contribution in [2.75, 3.05) is 37.7 Å². The van der Waals surface area contributed by atoms with E-state index in [1.54, 1.807) is 0 Å². The quantitative estimate of drug-likeness (QED) is 0.743. The van der Waals surface area contributed by atoms with Crippen LogP contribution in [-0.4, -0.2) is 70.6 Å². The van der Waals surface area contributed by atoms with Crippen molar-refractivity contribution in [3.05, 3.63) is 0 Å². The molecule has 0 radical (unpaired) electrons. The van der Waals surface area contributed by atoms with Crippen LogP contribution in [0.1, 0.15) is 40.5 Å². The molecule has 3 saturated heterocycles. The fourth-order valence-electron chi connectivity index (χ4n) is 4.52. The van der Waals surface area contributed by atoms with Gasteiger partial charge < -0.3 is 14.4 Å². The van der Waals surface area contributed by atoms with Crippen molar-refractivity contribution in [1.82, 2.24) is 4.90 Å². The van der Waals surface area contributed by atoms with E-state index in [1.165, 1.54) is 0 Å². The largest absolute Gasteiger partial charge is 0.374 e. The maximum Gasteiger partial charge on any atom is 0.228 e. The molecule has 3 aliphatic rings. The Morgan fingerprint density at radius 1 is 1.24 bits per heavy atom. The maximum absolute atomic E-state index is 13.1. The average Bonchev–Trinajstić information content (AvgIpc) is 2.83. The molecular weight excluding hydrogens is 340 g/mol. The van der Waals surface area contributed by atoms with Gasteiger partial charge in [0.2, 0.25) is 5.91 Å². The van der Waals surface area contributed by atoms with Crippen molar-refractivity contribution < 1.29 is 18.5 Å². The van der Waals surface area contributed by atoms with Gasteiger partial charge in [0, 0.05) is 40.9 Å². The monoisotopic (exact) mass is 372 g/mol. The lowest BCUT2D eigenvalue weighted by atomic mass is 9.87. The maximum atomic E-state index is 13.1. The number of morpholine rings is 1. The molecule has 6 nitrogen and oxygen atoms in total. The first kappa shape index (κ1) is 19.1. The van der Waals surface area contributed by atoms with Gasteiger partial charge in [0.25, 0.3) is 0 Å². The fraction of sp³-hybridized carbons (Fsp3) is 0.944.